The first-order valence-corrected chi connectivity index (χ1v) is 5.67. The lowest BCUT2D eigenvalue weighted by Gasteiger charge is -2.42. The first-order chi connectivity index (χ1) is 5.89. The SMILES string of the molecule is CC(C)C12CC1CCN2C(C)(C)C. The van der Waals surface area contributed by atoms with E-state index < -0.39 is 0 Å². The van der Waals surface area contributed by atoms with Crippen LogP contribution in [-0.2, 0) is 0 Å². The smallest absolute Gasteiger partial charge is 0.0270 e. The molecule has 1 saturated carbocycles. The van der Waals surface area contributed by atoms with E-state index >= 15 is 0 Å². The van der Waals surface area contributed by atoms with Gasteiger partial charge in [0.25, 0.3) is 0 Å². The van der Waals surface area contributed by atoms with Gasteiger partial charge < -0.3 is 0 Å². The van der Waals surface area contributed by atoms with Gasteiger partial charge in [-0.05, 0) is 52.0 Å². The molecule has 2 aliphatic rings. The molecule has 0 radical (unpaired) electrons. The molecule has 1 heteroatoms. The van der Waals surface area contributed by atoms with Gasteiger partial charge in [-0.1, -0.05) is 13.8 Å². The second kappa shape index (κ2) is 2.50. The van der Waals surface area contributed by atoms with Crippen LogP contribution in [0.25, 0.3) is 0 Å². The van der Waals surface area contributed by atoms with Gasteiger partial charge in [0.05, 0.1) is 0 Å². The van der Waals surface area contributed by atoms with Crippen molar-refractivity contribution in [2.75, 3.05) is 6.54 Å². The molecular formula is C12H23N. The van der Waals surface area contributed by atoms with E-state index in [1.165, 1.54) is 19.4 Å². The molecule has 13 heavy (non-hydrogen) atoms. The number of fused-ring (bicyclic) bond motifs is 1. The summed E-state index contributed by atoms with van der Waals surface area (Å²) in [6.07, 6.45) is 2.90. The van der Waals surface area contributed by atoms with E-state index in [9.17, 15) is 0 Å². The summed E-state index contributed by atoms with van der Waals surface area (Å²) in [6, 6.07) is 0. The normalized spacial score (nSPS) is 39.7. The van der Waals surface area contributed by atoms with Crippen molar-refractivity contribution in [2.45, 2.75) is 58.5 Å². The van der Waals surface area contributed by atoms with Crippen molar-refractivity contribution in [3.63, 3.8) is 0 Å². The fraction of sp³-hybridized carbons (Fsp3) is 1.00. The Morgan fingerprint density at radius 1 is 1.31 bits per heavy atom. The van der Waals surface area contributed by atoms with Crippen molar-refractivity contribution in [2.24, 2.45) is 11.8 Å². The van der Waals surface area contributed by atoms with Crippen LogP contribution in [0.5, 0.6) is 0 Å². The van der Waals surface area contributed by atoms with Gasteiger partial charge in [-0.2, -0.15) is 0 Å². The number of hydrogen-bond acceptors (Lipinski definition) is 1. The minimum atomic E-state index is 0.371. The largest absolute Gasteiger partial charge is 0.292 e. The van der Waals surface area contributed by atoms with Crippen LogP contribution in [0.15, 0.2) is 0 Å². The highest BCUT2D eigenvalue weighted by Crippen LogP contribution is 2.61. The molecule has 1 saturated heterocycles. The van der Waals surface area contributed by atoms with Gasteiger partial charge >= 0.3 is 0 Å². The number of likely N-dealkylation sites (tertiary alicyclic amines) is 1. The van der Waals surface area contributed by atoms with Gasteiger partial charge in [0.2, 0.25) is 0 Å². The second-order valence-electron chi connectivity index (χ2n) is 6.16. The first-order valence-electron chi connectivity index (χ1n) is 5.67. The zero-order valence-corrected chi connectivity index (χ0v) is 9.72. The highest BCUT2D eigenvalue weighted by molar-refractivity contribution is 5.19. The minimum Gasteiger partial charge on any atom is -0.292 e. The maximum absolute atomic E-state index is 2.76. The number of hydrogen-bond donors (Lipinski definition) is 0. The molecule has 0 amide bonds. The van der Waals surface area contributed by atoms with Gasteiger partial charge in [0.15, 0.2) is 0 Å². The van der Waals surface area contributed by atoms with Crippen LogP contribution in [-0.4, -0.2) is 22.5 Å². The lowest BCUT2D eigenvalue weighted by atomic mass is 9.94. The predicted molar refractivity (Wildman–Crippen MR) is 56.8 cm³/mol. The van der Waals surface area contributed by atoms with Gasteiger partial charge in [0, 0.05) is 11.1 Å². The molecule has 0 aromatic heterocycles. The Hall–Kier alpha value is -0.0400. The summed E-state index contributed by atoms with van der Waals surface area (Å²) < 4.78 is 0. The molecule has 76 valence electrons. The maximum Gasteiger partial charge on any atom is 0.0270 e. The third-order valence-electron chi connectivity index (χ3n) is 4.13. The molecule has 0 spiro atoms. The van der Waals surface area contributed by atoms with Crippen LogP contribution in [0.1, 0.15) is 47.5 Å². The molecular weight excluding hydrogens is 158 g/mol. The zero-order chi connectivity index (χ0) is 9.85. The summed E-state index contributed by atoms with van der Waals surface area (Å²) in [4.78, 5) is 2.76. The van der Waals surface area contributed by atoms with Crippen molar-refractivity contribution in [1.29, 1.82) is 0 Å². The van der Waals surface area contributed by atoms with Crippen LogP contribution in [0, 0.1) is 11.8 Å². The Morgan fingerprint density at radius 3 is 2.23 bits per heavy atom. The Balaban J connectivity index is 2.22. The standard InChI is InChI=1S/C12H23N/c1-9(2)12-8-10(12)6-7-13(12)11(3,4)5/h9-10H,6-8H2,1-5H3. The highest BCUT2D eigenvalue weighted by Gasteiger charge is 2.64. The Labute approximate surface area is 82.5 Å². The maximum atomic E-state index is 2.76. The van der Waals surface area contributed by atoms with E-state index in [1.807, 2.05) is 0 Å². The molecule has 0 aromatic rings. The molecule has 2 fully saturated rings. The molecule has 2 unspecified atom stereocenters. The van der Waals surface area contributed by atoms with Crippen molar-refractivity contribution in [3.8, 4) is 0 Å². The average Bonchev–Trinajstić information content (AvgIpc) is 2.55. The third kappa shape index (κ3) is 1.16. The van der Waals surface area contributed by atoms with E-state index in [0.29, 0.717) is 11.1 Å². The summed E-state index contributed by atoms with van der Waals surface area (Å²) >= 11 is 0. The Morgan fingerprint density at radius 2 is 1.92 bits per heavy atom. The van der Waals surface area contributed by atoms with Crippen molar-refractivity contribution in [1.82, 2.24) is 4.90 Å². The molecule has 2 rings (SSSR count). The molecule has 1 heterocycles. The molecule has 1 aliphatic heterocycles. The molecule has 0 aromatic carbocycles. The average molecular weight is 181 g/mol. The predicted octanol–water partition coefficient (Wildman–Crippen LogP) is 2.91. The van der Waals surface area contributed by atoms with E-state index in [4.69, 9.17) is 0 Å². The molecule has 0 bridgehead atoms. The van der Waals surface area contributed by atoms with Crippen molar-refractivity contribution in [3.05, 3.63) is 0 Å². The zero-order valence-electron chi connectivity index (χ0n) is 9.72. The van der Waals surface area contributed by atoms with Gasteiger partial charge in [-0.3, -0.25) is 4.90 Å². The number of piperidine rings is 1. The van der Waals surface area contributed by atoms with Crippen molar-refractivity contribution >= 4 is 0 Å². The van der Waals surface area contributed by atoms with E-state index in [-0.39, 0.29) is 0 Å². The van der Waals surface area contributed by atoms with E-state index in [0.717, 1.165) is 11.8 Å². The van der Waals surface area contributed by atoms with Crippen LogP contribution in [0.2, 0.25) is 0 Å². The highest BCUT2D eigenvalue weighted by atomic mass is 15.3. The first kappa shape index (κ1) is 9.51. The minimum absolute atomic E-state index is 0.371. The Kier molecular flexibility index (Phi) is 1.83. The molecule has 1 nitrogen and oxygen atoms in total. The summed E-state index contributed by atoms with van der Waals surface area (Å²) in [5.74, 6) is 1.85. The lowest BCUT2D eigenvalue weighted by Crippen LogP contribution is -2.50. The van der Waals surface area contributed by atoms with Crippen LogP contribution in [0.3, 0.4) is 0 Å². The fourth-order valence-corrected chi connectivity index (χ4v) is 3.49. The summed E-state index contributed by atoms with van der Waals surface area (Å²) in [6.45, 7) is 13.2. The monoisotopic (exact) mass is 181 g/mol. The van der Waals surface area contributed by atoms with Gasteiger partial charge in [-0.25, -0.2) is 0 Å². The fourth-order valence-electron chi connectivity index (χ4n) is 3.49. The third-order valence-corrected chi connectivity index (χ3v) is 4.13. The van der Waals surface area contributed by atoms with Crippen LogP contribution >= 0.6 is 0 Å². The van der Waals surface area contributed by atoms with Crippen LogP contribution < -0.4 is 0 Å². The van der Waals surface area contributed by atoms with Crippen molar-refractivity contribution < 1.29 is 0 Å². The summed E-state index contributed by atoms with van der Waals surface area (Å²) in [5.41, 5.74) is 0.966. The molecule has 0 N–H and O–H groups in total. The van der Waals surface area contributed by atoms with Gasteiger partial charge in [0.1, 0.15) is 0 Å². The second-order valence-corrected chi connectivity index (χ2v) is 6.16. The van der Waals surface area contributed by atoms with Crippen LogP contribution in [0.4, 0.5) is 0 Å². The van der Waals surface area contributed by atoms with E-state index in [2.05, 4.69) is 39.5 Å². The molecule has 2 atom stereocenters. The Bertz CT molecular complexity index is 210. The van der Waals surface area contributed by atoms with E-state index in [1.54, 1.807) is 0 Å². The lowest BCUT2D eigenvalue weighted by molar-refractivity contribution is 0.0625. The topological polar surface area (TPSA) is 3.24 Å². The number of rotatable bonds is 1. The molecule has 1 aliphatic carbocycles. The summed E-state index contributed by atoms with van der Waals surface area (Å²) in [5, 5.41) is 0. The number of nitrogens with zero attached hydrogens (tertiary/aromatic N) is 1. The van der Waals surface area contributed by atoms with Gasteiger partial charge in [-0.15, -0.1) is 0 Å². The summed E-state index contributed by atoms with van der Waals surface area (Å²) in [7, 11) is 0. The quantitative estimate of drug-likeness (QED) is 0.601.